The molecule has 1 aromatic carbocycles. The van der Waals surface area contributed by atoms with Crippen molar-refractivity contribution in [3.63, 3.8) is 0 Å². The maximum Gasteiger partial charge on any atom is 0.229 e. The fourth-order valence-electron chi connectivity index (χ4n) is 2.53. The molecule has 2 unspecified atom stereocenters. The lowest BCUT2D eigenvalue weighted by Gasteiger charge is -2.17. The Kier molecular flexibility index (Phi) is 4.96. The van der Waals surface area contributed by atoms with Gasteiger partial charge in [0, 0.05) is 23.8 Å². The van der Waals surface area contributed by atoms with Crippen LogP contribution in [-0.4, -0.2) is 24.4 Å². The molecule has 5 nitrogen and oxygen atoms in total. The van der Waals surface area contributed by atoms with Crippen LogP contribution in [0.4, 0.5) is 11.4 Å². The molecule has 3 N–H and O–H groups in total. The van der Waals surface area contributed by atoms with Crippen molar-refractivity contribution < 1.29 is 9.59 Å². The predicted octanol–water partition coefficient (Wildman–Crippen LogP) is 2.28. The van der Waals surface area contributed by atoms with Gasteiger partial charge in [0.05, 0.1) is 5.92 Å². The normalized spacial score (nSPS) is 21.1. The maximum atomic E-state index is 12.3. The topological polar surface area (TPSA) is 70.2 Å². The van der Waals surface area contributed by atoms with Crippen LogP contribution in [0.3, 0.4) is 0 Å². The van der Waals surface area contributed by atoms with Crippen molar-refractivity contribution in [1.82, 2.24) is 5.32 Å². The van der Waals surface area contributed by atoms with Gasteiger partial charge in [-0.3, -0.25) is 9.59 Å². The first kappa shape index (κ1) is 15.5. The van der Waals surface area contributed by atoms with Crippen molar-refractivity contribution in [3.05, 3.63) is 23.8 Å². The van der Waals surface area contributed by atoms with Crippen LogP contribution in [0.5, 0.6) is 0 Å². The molecule has 2 rings (SSSR count). The number of rotatable bonds is 4. The van der Waals surface area contributed by atoms with Crippen molar-refractivity contribution in [3.8, 4) is 0 Å². The third-order valence-corrected chi connectivity index (χ3v) is 3.96. The molecule has 1 fully saturated rings. The Balaban J connectivity index is 2.09. The first-order chi connectivity index (χ1) is 10.0. The maximum absolute atomic E-state index is 12.3. The molecule has 1 aliphatic rings. The zero-order valence-corrected chi connectivity index (χ0v) is 12.8. The molecule has 0 aromatic heterocycles. The van der Waals surface area contributed by atoms with E-state index in [0.717, 1.165) is 24.2 Å². The molecule has 1 saturated heterocycles. The highest BCUT2D eigenvalue weighted by atomic mass is 16.2. The standard InChI is InChI=1S/C16H23N3O2/c1-4-15(20)18-12-6-5-10(2)14(9-12)19-16(21)13-7-8-17-11(13)3/h5-6,9,11,13,17H,4,7-8H2,1-3H3,(H,18,20)(H,19,21). The highest BCUT2D eigenvalue weighted by molar-refractivity contribution is 5.96. The van der Waals surface area contributed by atoms with Crippen LogP contribution in [0.15, 0.2) is 18.2 Å². The van der Waals surface area contributed by atoms with Gasteiger partial charge in [-0.25, -0.2) is 0 Å². The number of carbonyl (C=O) groups excluding carboxylic acids is 2. The lowest BCUT2D eigenvalue weighted by Crippen LogP contribution is -2.32. The molecule has 2 amide bonds. The van der Waals surface area contributed by atoms with E-state index >= 15 is 0 Å². The summed E-state index contributed by atoms with van der Waals surface area (Å²) in [7, 11) is 0. The summed E-state index contributed by atoms with van der Waals surface area (Å²) in [4.78, 5) is 23.8. The zero-order valence-electron chi connectivity index (χ0n) is 12.8. The Bertz CT molecular complexity index is 542. The van der Waals surface area contributed by atoms with E-state index in [1.165, 1.54) is 0 Å². The molecule has 1 aromatic rings. The Morgan fingerprint density at radius 2 is 2.10 bits per heavy atom. The molecule has 1 aliphatic heterocycles. The fraction of sp³-hybridized carbons (Fsp3) is 0.500. The van der Waals surface area contributed by atoms with Gasteiger partial charge in [0.15, 0.2) is 0 Å². The van der Waals surface area contributed by atoms with E-state index < -0.39 is 0 Å². The van der Waals surface area contributed by atoms with Crippen LogP contribution < -0.4 is 16.0 Å². The van der Waals surface area contributed by atoms with E-state index in [2.05, 4.69) is 16.0 Å². The number of carbonyl (C=O) groups is 2. The average molecular weight is 289 g/mol. The van der Waals surface area contributed by atoms with Gasteiger partial charge in [-0.1, -0.05) is 13.0 Å². The van der Waals surface area contributed by atoms with Crippen molar-refractivity contribution in [1.29, 1.82) is 0 Å². The Hall–Kier alpha value is -1.88. The van der Waals surface area contributed by atoms with Gasteiger partial charge in [-0.15, -0.1) is 0 Å². The van der Waals surface area contributed by atoms with Crippen LogP contribution in [0.2, 0.25) is 0 Å². The monoisotopic (exact) mass is 289 g/mol. The molecule has 5 heteroatoms. The minimum Gasteiger partial charge on any atom is -0.326 e. The molecule has 0 saturated carbocycles. The molecule has 0 spiro atoms. The zero-order chi connectivity index (χ0) is 15.4. The number of benzene rings is 1. The first-order valence-electron chi connectivity index (χ1n) is 7.46. The first-order valence-corrected chi connectivity index (χ1v) is 7.46. The largest absolute Gasteiger partial charge is 0.326 e. The van der Waals surface area contributed by atoms with Crippen LogP contribution in [0.25, 0.3) is 0 Å². The smallest absolute Gasteiger partial charge is 0.229 e. The molecule has 0 bridgehead atoms. The quantitative estimate of drug-likeness (QED) is 0.796. The highest BCUT2D eigenvalue weighted by Gasteiger charge is 2.29. The van der Waals surface area contributed by atoms with Gasteiger partial charge >= 0.3 is 0 Å². The van der Waals surface area contributed by atoms with Gasteiger partial charge in [0.1, 0.15) is 0 Å². The summed E-state index contributed by atoms with van der Waals surface area (Å²) in [5, 5.41) is 9.07. The third kappa shape index (κ3) is 3.82. The van der Waals surface area contributed by atoms with Crippen molar-refractivity contribution in [2.45, 2.75) is 39.7 Å². The number of hydrogen-bond donors (Lipinski definition) is 3. The number of nitrogens with one attached hydrogen (secondary N) is 3. The molecule has 21 heavy (non-hydrogen) atoms. The van der Waals surface area contributed by atoms with Gasteiger partial charge < -0.3 is 16.0 Å². The van der Waals surface area contributed by atoms with Gasteiger partial charge in [0.2, 0.25) is 11.8 Å². The van der Waals surface area contributed by atoms with Crippen LogP contribution in [0.1, 0.15) is 32.3 Å². The number of anilines is 2. The van der Waals surface area contributed by atoms with E-state index in [-0.39, 0.29) is 23.8 Å². The summed E-state index contributed by atoms with van der Waals surface area (Å²) >= 11 is 0. The average Bonchev–Trinajstić information content (AvgIpc) is 2.88. The highest BCUT2D eigenvalue weighted by Crippen LogP contribution is 2.23. The lowest BCUT2D eigenvalue weighted by molar-refractivity contribution is -0.120. The molecule has 2 atom stereocenters. The van der Waals surface area contributed by atoms with Crippen molar-refractivity contribution >= 4 is 23.2 Å². The lowest BCUT2D eigenvalue weighted by atomic mass is 10.0. The van der Waals surface area contributed by atoms with Crippen LogP contribution in [0, 0.1) is 12.8 Å². The fourth-order valence-corrected chi connectivity index (χ4v) is 2.53. The van der Waals surface area contributed by atoms with Gasteiger partial charge in [-0.2, -0.15) is 0 Å². The number of hydrogen-bond acceptors (Lipinski definition) is 3. The van der Waals surface area contributed by atoms with Crippen molar-refractivity contribution in [2.75, 3.05) is 17.2 Å². The molecule has 0 aliphatic carbocycles. The van der Waals surface area contributed by atoms with Gasteiger partial charge in [-0.05, 0) is 44.5 Å². The van der Waals surface area contributed by atoms with Crippen LogP contribution >= 0.6 is 0 Å². The van der Waals surface area contributed by atoms with E-state index in [0.29, 0.717) is 12.1 Å². The second-order valence-corrected chi connectivity index (χ2v) is 5.56. The van der Waals surface area contributed by atoms with E-state index in [1.807, 2.05) is 32.0 Å². The molecular weight excluding hydrogens is 266 g/mol. The Labute approximate surface area is 125 Å². The summed E-state index contributed by atoms with van der Waals surface area (Å²) in [5.41, 5.74) is 2.45. The minimum atomic E-state index is -0.0373. The summed E-state index contributed by atoms with van der Waals surface area (Å²) in [6, 6.07) is 5.76. The predicted molar refractivity (Wildman–Crippen MR) is 84.3 cm³/mol. The second kappa shape index (κ2) is 6.72. The van der Waals surface area contributed by atoms with E-state index in [1.54, 1.807) is 6.92 Å². The molecule has 1 heterocycles. The summed E-state index contributed by atoms with van der Waals surface area (Å²) in [6.07, 6.45) is 1.29. The summed E-state index contributed by atoms with van der Waals surface area (Å²) in [5.74, 6) is -0.00222. The Morgan fingerprint density at radius 3 is 2.71 bits per heavy atom. The minimum absolute atomic E-state index is 0.00158. The molecule has 114 valence electrons. The molecule has 0 radical (unpaired) electrons. The van der Waals surface area contributed by atoms with E-state index in [9.17, 15) is 9.59 Å². The summed E-state index contributed by atoms with van der Waals surface area (Å²) < 4.78 is 0. The number of amides is 2. The SMILES string of the molecule is CCC(=O)Nc1ccc(C)c(NC(=O)C2CCNC2C)c1. The van der Waals surface area contributed by atoms with Crippen molar-refractivity contribution in [2.24, 2.45) is 5.92 Å². The van der Waals surface area contributed by atoms with E-state index in [4.69, 9.17) is 0 Å². The third-order valence-electron chi connectivity index (χ3n) is 3.96. The van der Waals surface area contributed by atoms with Gasteiger partial charge in [0.25, 0.3) is 0 Å². The number of aryl methyl sites for hydroxylation is 1. The van der Waals surface area contributed by atoms with Crippen LogP contribution in [-0.2, 0) is 9.59 Å². The second-order valence-electron chi connectivity index (χ2n) is 5.56. The molecular formula is C16H23N3O2. The Morgan fingerprint density at radius 1 is 1.33 bits per heavy atom. The summed E-state index contributed by atoms with van der Waals surface area (Å²) in [6.45, 7) is 6.66.